The zero-order chi connectivity index (χ0) is 12.4. The van der Waals surface area contributed by atoms with E-state index < -0.39 is 4.92 Å². The van der Waals surface area contributed by atoms with Crippen molar-refractivity contribution in [2.75, 3.05) is 0 Å². The van der Waals surface area contributed by atoms with E-state index in [0.29, 0.717) is 10.7 Å². The molecule has 0 radical (unpaired) electrons. The molecule has 88 valence electrons. The van der Waals surface area contributed by atoms with Crippen molar-refractivity contribution in [3.05, 3.63) is 44.4 Å². The van der Waals surface area contributed by atoms with Crippen LogP contribution in [0.25, 0.3) is 0 Å². The molecule has 1 aromatic carbocycles. The first-order valence-electron chi connectivity index (χ1n) is 4.61. The third-order valence-corrected chi connectivity index (χ3v) is 3.07. The maximum atomic E-state index is 10.9. The van der Waals surface area contributed by atoms with Gasteiger partial charge >= 0.3 is 5.69 Å². The van der Waals surface area contributed by atoms with Gasteiger partial charge < -0.3 is 4.74 Å². The van der Waals surface area contributed by atoms with Crippen LogP contribution in [0, 0.1) is 17.0 Å². The highest BCUT2D eigenvalue weighted by Crippen LogP contribution is 2.35. The molecule has 0 spiro atoms. The molecule has 0 aliphatic heterocycles. The van der Waals surface area contributed by atoms with E-state index in [9.17, 15) is 10.1 Å². The van der Waals surface area contributed by atoms with E-state index in [2.05, 4.69) is 4.98 Å². The van der Waals surface area contributed by atoms with Gasteiger partial charge in [-0.15, -0.1) is 0 Å². The van der Waals surface area contributed by atoms with Gasteiger partial charge in [0.05, 0.1) is 4.92 Å². The number of hydrogen-bond acceptors (Lipinski definition) is 5. The van der Waals surface area contributed by atoms with E-state index in [4.69, 9.17) is 16.3 Å². The number of nitro groups is 1. The number of rotatable bonds is 3. The highest BCUT2D eigenvalue weighted by molar-refractivity contribution is 7.11. The predicted octanol–water partition coefficient (Wildman–Crippen LogP) is 3.81. The molecule has 0 fully saturated rings. The molecule has 1 aromatic heterocycles. The molecule has 2 rings (SSSR count). The van der Waals surface area contributed by atoms with Gasteiger partial charge in [-0.05, 0) is 12.5 Å². The van der Waals surface area contributed by atoms with E-state index >= 15 is 0 Å². The first-order valence-corrected chi connectivity index (χ1v) is 5.86. The first-order chi connectivity index (χ1) is 8.08. The SMILES string of the molecule is Cc1cccc([N+](=O)[O-])c1Oc1nc(Cl)cs1. The lowest BCUT2D eigenvalue weighted by Gasteiger charge is -2.05. The zero-order valence-corrected chi connectivity index (χ0v) is 10.3. The highest BCUT2D eigenvalue weighted by Gasteiger charge is 2.18. The minimum Gasteiger partial charge on any atom is -0.423 e. The smallest absolute Gasteiger partial charge is 0.311 e. The fourth-order valence-corrected chi connectivity index (χ4v) is 2.08. The summed E-state index contributed by atoms with van der Waals surface area (Å²) < 4.78 is 5.40. The van der Waals surface area contributed by atoms with Crippen LogP contribution in [-0.2, 0) is 0 Å². The standard InChI is InChI=1S/C10H7ClN2O3S/c1-6-3-2-4-7(13(14)15)9(6)16-10-12-8(11)5-17-10/h2-5H,1H3. The number of hydrogen-bond donors (Lipinski definition) is 0. The van der Waals surface area contributed by atoms with Crippen molar-refractivity contribution in [2.24, 2.45) is 0 Å². The maximum Gasteiger partial charge on any atom is 0.311 e. The number of ether oxygens (including phenoxy) is 1. The molecular weight excluding hydrogens is 264 g/mol. The van der Waals surface area contributed by atoms with Crippen molar-refractivity contribution in [3.8, 4) is 10.9 Å². The third-order valence-electron chi connectivity index (χ3n) is 2.03. The van der Waals surface area contributed by atoms with Crippen LogP contribution >= 0.6 is 22.9 Å². The van der Waals surface area contributed by atoms with Gasteiger partial charge in [-0.1, -0.05) is 35.1 Å². The molecule has 2 aromatic rings. The summed E-state index contributed by atoms with van der Waals surface area (Å²) in [7, 11) is 0. The molecule has 0 atom stereocenters. The normalized spacial score (nSPS) is 10.2. The number of aromatic nitrogens is 1. The van der Waals surface area contributed by atoms with Crippen LogP contribution in [0.5, 0.6) is 10.9 Å². The second-order valence-electron chi connectivity index (χ2n) is 3.22. The molecule has 0 N–H and O–H groups in total. The Morgan fingerprint density at radius 2 is 2.29 bits per heavy atom. The molecule has 0 unspecified atom stereocenters. The van der Waals surface area contributed by atoms with Gasteiger partial charge in [0.1, 0.15) is 5.15 Å². The summed E-state index contributed by atoms with van der Waals surface area (Å²) in [6.45, 7) is 1.73. The molecule has 0 amide bonds. The van der Waals surface area contributed by atoms with Crippen molar-refractivity contribution >= 4 is 28.6 Å². The lowest BCUT2D eigenvalue weighted by molar-refractivity contribution is -0.385. The summed E-state index contributed by atoms with van der Waals surface area (Å²) in [6, 6.07) is 4.73. The molecule has 17 heavy (non-hydrogen) atoms. The Hall–Kier alpha value is -1.66. The number of halogens is 1. The van der Waals surface area contributed by atoms with E-state index in [-0.39, 0.29) is 16.6 Å². The number of nitrogens with zero attached hydrogens (tertiary/aromatic N) is 2. The van der Waals surface area contributed by atoms with Crippen molar-refractivity contribution in [1.29, 1.82) is 0 Å². The Kier molecular flexibility index (Phi) is 3.26. The lowest BCUT2D eigenvalue weighted by Crippen LogP contribution is -1.95. The summed E-state index contributed by atoms with van der Waals surface area (Å²) in [5, 5.41) is 13.0. The molecule has 7 heteroatoms. The third kappa shape index (κ3) is 2.54. The van der Waals surface area contributed by atoms with Crippen molar-refractivity contribution in [3.63, 3.8) is 0 Å². The Morgan fingerprint density at radius 1 is 1.53 bits per heavy atom. The second kappa shape index (κ2) is 4.68. The topological polar surface area (TPSA) is 65.3 Å². The monoisotopic (exact) mass is 270 g/mol. The summed E-state index contributed by atoms with van der Waals surface area (Å²) in [6.07, 6.45) is 0. The zero-order valence-electron chi connectivity index (χ0n) is 8.71. The van der Waals surface area contributed by atoms with Crippen LogP contribution in [0.2, 0.25) is 5.15 Å². The van der Waals surface area contributed by atoms with Gasteiger partial charge in [-0.3, -0.25) is 10.1 Å². The van der Waals surface area contributed by atoms with Crippen molar-refractivity contribution < 1.29 is 9.66 Å². The summed E-state index contributed by atoms with van der Waals surface area (Å²) in [5.74, 6) is 0.198. The average molecular weight is 271 g/mol. The molecular formula is C10H7ClN2O3S. The number of thiazole rings is 1. The summed E-state index contributed by atoms with van der Waals surface area (Å²) in [5.41, 5.74) is 0.585. The number of benzene rings is 1. The highest BCUT2D eigenvalue weighted by atomic mass is 35.5. The van der Waals surface area contributed by atoms with Crippen LogP contribution in [0.3, 0.4) is 0 Å². The molecule has 1 heterocycles. The Morgan fingerprint density at radius 3 is 2.88 bits per heavy atom. The molecule has 0 bridgehead atoms. The number of nitro benzene ring substituents is 1. The quantitative estimate of drug-likeness (QED) is 0.628. The molecule has 0 saturated heterocycles. The molecule has 0 aliphatic carbocycles. The minimum absolute atomic E-state index is 0.0867. The van der Waals surface area contributed by atoms with Gasteiger partial charge in [-0.2, -0.15) is 4.98 Å². The van der Waals surface area contributed by atoms with Crippen LogP contribution < -0.4 is 4.74 Å². The van der Waals surface area contributed by atoms with Gasteiger partial charge in [-0.25, -0.2) is 0 Å². The van der Waals surface area contributed by atoms with Gasteiger partial charge in [0.25, 0.3) is 5.19 Å². The van der Waals surface area contributed by atoms with Crippen LogP contribution in [0.4, 0.5) is 5.69 Å². The van der Waals surface area contributed by atoms with Gasteiger partial charge in [0.15, 0.2) is 0 Å². The largest absolute Gasteiger partial charge is 0.423 e. The number of aryl methyl sites for hydroxylation is 1. The Balaban J connectivity index is 2.40. The van der Waals surface area contributed by atoms with Crippen LogP contribution in [0.1, 0.15) is 5.56 Å². The molecule has 0 aliphatic rings. The van der Waals surface area contributed by atoms with E-state index in [1.54, 1.807) is 24.4 Å². The maximum absolute atomic E-state index is 10.9. The van der Waals surface area contributed by atoms with Crippen LogP contribution in [0.15, 0.2) is 23.6 Å². The molecule has 5 nitrogen and oxygen atoms in total. The van der Waals surface area contributed by atoms with E-state index in [1.807, 2.05) is 0 Å². The minimum atomic E-state index is -0.489. The fourth-order valence-electron chi connectivity index (χ4n) is 1.29. The second-order valence-corrected chi connectivity index (χ2v) is 4.43. The lowest BCUT2D eigenvalue weighted by atomic mass is 10.2. The number of para-hydroxylation sites is 1. The van der Waals surface area contributed by atoms with Crippen LogP contribution in [-0.4, -0.2) is 9.91 Å². The van der Waals surface area contributed by atoms with E-state index in [1.165, 1.54) is 17.4 Å². The van der Waals surface area contributed by atoms with Gasteiger partial charge in [0, 0.05) is 11.4 Å². The van der Waals surface area contributed by atoms with Crippen molar-refractivity contribution in [1.82, 2.24) is 4.98 Å². The average Bonchev–Trinajstić information content (AvgIpc) is 2.67. The Labute approximate surface area is 106 Å². The predicted molar refractivity (Wildman–Crippen MR) is 65.0 cm³/mol. The first kappa shape index (κ1) is 11.8. The summed E-state index contributed by atoms with van der Waals surface area (Å²) >= 11 is 6.84. The fraction of sp³-hybridized carbons (Fsp3) is 0.100. The van der Waals surface area contributed by atoms with Gasteiger partial charge in [0.2, 0.25) is 5.75 Å². The summed E-state index contributed by atoms with van der Waals surface area (Å²) in [4.78, 5) is 14.2. The van der Waals surface area contributed by atoms with Crippen molar-refractivity contribution in [2.45, 2.75) is 6.92 Å². The van der Waals surface area contributed by atoms with E-state index in [0.717, 1.165) is 0 Å². The Bertz CT molecular complexity index is 570. The molecule has 0 saturated carbocycles.